The van der Waals surface area contributed by atoms with E-state index in [-0.39, 0.29) is 29.0 Å². The number of hydrogen-bond donors (Lipinski definition) is 4. The van der Waals surface area contributed by atoms with E-state index < -0.39 is 0 Å². The molecule has 0 saturated carbocycles. The van der Waals surface area contributed by atoms with Gasteiger partial charge in [0.2, 0.25) is 5.95 Å². The van der Waals surface area contributed by atoms with Crippen molar-refractivity contribution in [1.82, 2.24) is 9.97 Å². The molecule has 0 spiro atoms. The van der Waals surface area contributed by atoms with E-state index in [9.17, 15) is 9.59 Å². The Hall–Kier alpha value is -2.05. The van der Waals surface area contributed by atoms with Crippen molar-refractivity contribution in [1.29, 1.82) is 0 Å². The molecule has 5 N–H and O–H groups in total. The van der Waals surface area contributed by atoms with E-state index in [1.807, 2.05) is 6.92 Å². The summed E-state index contributed by atoms with van der Waals surface area (Å²) in [5, 5.41) is 5.84. The van der Waals surface area contributed by atoms with Crippen LogP contribution in [0.3, 0.4) is 0 Å². The fourth-order valence-corrected chi connectivity index (χ4v) is 1.79. The maximum absolute atomic E-state index is 11.7. The number of ketones is 1. The van der Waals surface area contributed by atoms with Gasteiger partial charge in [-0.2, -0.15) is 4.98 Å². The van der Waals surface area contributed by atoms with Gasteiger partial charge in [-0.3, -0.25) is 14.6 Å². The maximum atomic E-state index is 11.7. The molecule has 1 atom stereocenters. The summed E-state index contributed by atoms with van der Waals surface area (Å²) >= 11 is 0. The summed E-state index contributed by atoms with van der Waals surface area (Å²) < 4.78 is 0. The van der Waals surface area contributed by atoms with Crippen LogP contribution in [0.2, 0.25) is 0 Å². The van der Waals surface area contributed by atoms with Crippen molar-refractivity contribution in [2.45, 2.75) is 25.8 Å². The average Bonchev–Trinajstić information content (AvgIpc) is 2.28. The molecule has 1 aliphatic rings. The van der Waals surface area contributed by atoms with Crippen molar-refractivity contribution in [2.24, 2.45) is 0 Å². The van der Waals surface area contributed by atoms with E-state index in [1.54, 1.807) is 0 Å². The molecule has 7 heteroatoms. The van der Waals surface area contributed by atoms with Crippen LogP contribution in [0.5, 0.6) is 0 Å². The van der Waals surface area contributed by atoms with Gasteiger partial charge in [-0.15, -0.1) is 0 Å². The lowest BCUT2D eigenvalue weighted by atomic mass is 10.1. The summed E-state index contributed by atoms with van der Waals surface area (Å²) in [7, 11) is 0. The van der Waals surface area contributed by atoms with Crippen LogP contribution in [-0.2, 0) is 4.79 Å². The van der Waals surface area contributed by atoms with Gasteiger partial charge in [0.15, 0.2) is 11.6 Å². The molecule has 1 aromatic heterocycles. The molecule has 17 heavy (non-hydrogen) atoms. The zero-order valence-electron chi connectivity index (χ0n) is 9.54. The standard InChI is InChI=1S/C10H15N5O2/c1-2-3-6(16)5-4-12-8-7(13-5)9(17)15-10(11)14-8/h5,13H,2-4H2,1H3,(H4,11,12,14,15,17). The first-order chi connectivity index (χ1) is 8.11. The Morgan fingerprint density at radius 1 is 1.59 bits per heavy atom. The summed E-state index contributed by atoms with van der Waals surface area (Å²) in [5.74, 6) is 0.537. The monoisotopic (exact) mass is 237 g/mol. The van der Waals surface area contributed by atoms with Crippen LogP contribution in [0.4, 0.5) is 17.5 Å². The zero-order valence-corrected chi connectivity index (χ0v) is 9.54. The van der Waals surface area contributed by atoms with Crippen molar-refractivity contribution in [3.8, 4) is 0 Å². The molecular formula is C10H15N5O2. The summed E-state index contributed by atoms with van der Waals surface area (Å²) in [6.45, 7) is 2.36. The number of H-pyrrole nitrogens is 1. The number of carbonyl (C=O) groups is 1. The molecule has 1 aromatic rings. The van der Waals surface area contributed by atoms with Crippen LogP contribution in [-0.4, -0.2) is 28.3 Å². The number of fused-ring (bicyclic) bond motifs is 1. The average molecular weight is 237 g/mol. The predicted octanol–water partition coefficient (Wildman–Crippen LogP) is -0.0727. The van der Waals surface area contributed by atoms with E-state index in [2.05, 4.69) is 20.6 Å². The van der Waals surface area contributed by atoms with Crippen LogP contribution in [0.25, 0.3) is 0 Å². The third-order valence-corrected chi connectivity index (χ3v) is 2.61. The Morgan fingerprint density at radius 3 is 3.06 bits per heavy atom. The molecule has 0 saturated heterocycles. The topological polar surface area (TPSA) is 113 Å². The smallest absolute Gasteiger partial charge is 0.277 e. The zero-order chi connectivity index (χ0) is 12.4. The Morgan fingerprint density at radius 2 is 2.35 bits per heavy atom. The van der Waals surface area contributed by atoms with Gasteiger partial charge in [0.25, 0.3) is 5.56 Å². The Labute approximate surface area is 97.8 Å². The van der Waals surface area contributed by atoms with Crippen LogP contribution in [0.15, 0.2) is 4.79 Å². The van der Waals surface area contributed by atoms with Crippen LogP contribution >= 0.6 is 0 Å². The largest absolute Gasteiger partial charge is 0.369 e. The molecule has 0 aliphatic carbocycles. The normalized spacial score (nSPS) is 17.8. The summed E-state index contributed by atoms with van der Waals surface area (Å²) in [4.78, 5) is 29.7. The number of nitrogen functional groups attached to an aromatic ring is 1. The number of nitrogens with one attached hydrogen (secondary N) is 3. The van der Waals surface area contributed by atoms with Crippen LogP contribution in [0.1, 0.15) is 19.8 Å². The molecule has 1 unspecified atom stereocenters. The van der Waals surface area contributed by atoms with Crippen molar-refractivity contribution in [3.05, 3.63) is 10.4 Å². The predicted molar refractivity (Wildman–Crippen MR) is 65.1 cm³/mol. The highest BCUT2D eigenvalue weighted by Gasteiger charge is 2.25. The molecule has 2 heterocycles. The van der Waals surface area contributed by atoms with Gasteiger partial charge in [-0.05, 0) is 6.42 Å². The molecule has 0 aromatic carbocycles. The van der Waals surface area contributed by atoms with Crippen LogP contribution in [0, 0.1) is 0 Å². The number of anilines is 3. The fraction of sp³-hybridized carbons (Fsp3) is 0.500. The Bertz CT molecular complexity index is 496. The lowest BCUT2D eigenvalue weighted by molar-refractivity contribution is -0.119. The van der Waals surface area contributed by atoms with Gasteiger partial charge in [0, 0.05) is 13.0 Å². The SMILES string of the molecule is CCCC(=O)C1CNc2nc(N)[nH]c(=O)c2N1. The van der Waals surface area contributed by atoms with Gasteiger partial charge in [0.1, 0.15) is 11.7 Å². The second-order valence-electron chi connectivity index (χ2n) is 3.97. The van der Waals surface area contributed by atoms with Crippen molar-refractivity contribution in [3.63, 3.8) is 0 Å². The molecule has 92 valence electrons. The molecular weight excluding hydrogens is 222 g/mol. The number of hydrogen-bond acceptors (Lipinski definition) is 6. The fourth-order valence-electron chi connectivity index (χ4n) is 1.79. The third-order valence-electron chi connectivity index (χ3n) is 2.61. The van der Waals surface area contributed by atoms with E-state index in [0.29, 0.717) is 18.8 Å². The van der Waals surface area contributed by atoms with Gasteiger partial charge >= 0.3 is 0 Å². The van der Waals surface area contributed by atoms with Crippen molar-refractivity contribution >= 4 is 23.2 Å². The lowest BCUT2D eigenvalue weighted by Crippen LogP contribution is -2.42. The van der Waals surface area contributed by atoms with E-state index in [0.717, 1.165) is 6.42 Å². The number of carbonyl (C=O) groups excluding carboxylic acids is 1. The van der Waals surface area contributed by atoms with E-state index >= 15 is 0 Å². The first-order valence-corrected chi connectivity index (χ1v) is 5.54. The highest BCUT2D eigenvalue weighted by Crippen LogP contribution is 2.20. The summed E-state index contributed by atoms with van der Waals surface area (Å²) in [6.07, 6.45) is 1.29. The minimum Gasteiger partial charge on any atom is -0.369 e. The number of nitrogens with zero attached hydrogens (tertiary/aromatic N) is 1. The molecule has 1 aliphatic heterocycles. The summed E-state index contributed by atoms with van der Waals surface area (Å²) in [6, 6.07) is -0.381. The molecule has 0 radical (unpaired) electrons. The first kappa shape index (κ1) is 11.4. The van der Waals surface area contributed by atoms with E-state index in [4.69, 9.17) is 5.73 Å². The molecule has 0 bridgehead atoms. The number of aromatic nitrogens is 2. The third kappa shape index (κ3) is 2.22. The van der Waals surface area contributed by atoms with E-state index in [1.165, 1.54) is 0 Å². The van der Waals surface area contributed by atoms with Crippen molar-refractivity contribution < 1.29 is 4.79 Å². The quantitative estimate of drug-likeness (QED) is 0.585. The summed E-state index contributed by atoms with van der Waals surface area (Å²) in [5.41, 5.74) is 5.33. The van der Waals surface area contributed by atoms with Crippen molar-refractivity contribution in [2.75, 3.05) is 22.9 Å². The number of aromatic amines is 1. The van der Waals surface area contributed by atoms with Crippen LogP contribution < -0.4 is 21.9 Å². The number of rotatable bonds is 3. The Kier molecular flexibility index (Phi) is 2.99. The minimum atomic E-state index is -0.381. The maximum Gasteiger partial charge on any atom is 0.277 e. The molecule has 7 nitrogen and oxygen atoms in total. The second-order valence-corrected chi connectivity index (χ2v) is 3.97. The highest BCUT2D eigenvalue weighted by atomic mass is 16.1. The number of nitrogens with two attached hydrogens (primary N) is 1. The molecule has 0 amide bonds. The van der Waals surface area contributed by atoms with Gasteiger partial charge in [-0.25, -0.2) is 0 Å². The van der Waals surface area contributed by atoms with Gasteiger partial charge in [-0.1, -0.05) is 6.92 Å². The molecule has 2 rings (SSSR count). The molecule has 0 fully saturated rings. The lowest BCUT2D eigenvalue weighted by Gasteiger charge is -2.25. The van der Waals surface area contributed by atoms with Gasteiger partial charge in [0.05, 0.1) is 0 Å². The minimum absolute atomic E-state index is 0.0568. The Balaban J connectivity index is 2.24. The first-order valence-electron chi connectivity index (χ1n) is 5.54. The number of Topliss-reactive ketones (excluding diaryl/α,β-unsaturated/α-hetero) is 1. The second kappa shape index (κ2) is 4.44. The van der Waals surface area contributed by atoms with Gasteiger partial charge < -0.3 is 16.4 Å². The highest BCUT2D eigenvalue weighted by molar-refractivity contribution is 5.89.